The maximum atomic E-state index is 13.1. The molecule has 1 aliphatic heterocycles. The third kappa shape index (κ3) is 4.06. The van der Waals surface area contributed by atoms with Gasteiger partial charge in [0.05, 0.1) is 6.10 Å². The van der Waals surface area contributed by atoms with Crippen molar-refractivity contribution in [1.82, 2.24) is 0 Å². The minimum Gasteiger partial charge on any atom is -0.387 e. The Kier molecular flexibility index (Phi) is 6.54. The highest BCUT2D eigenvalue weighted by Crippen LogP contribution is 2.36. The first-order valence-electron chi connectivity index (χ1n) is 9.01. The van der Waals surface area contributed by atoms with Gasteiger partial charge in [-0.15, -0.1) is 0 Å². The van der Waals surface area contributed by atoms with E-state index in [1.54, 1.807) is 19.2 Å². The number of rotatable bonds is 5. The van der Waals surface area contributed by atoms with Crippen molar-refractivity contribution in [1.29, 1.82) is 0 Å². The molecule has 1 aromatic rings. The summed E-state index contributed by atoms with van der Waals surface area (Å²) in [5.41, 5.74) is 1.54. The van der Waals surface area contributed by atoms with Gasteiger partial charge in [0.15, 0.2) is 0 Å². The molecular weight excluding hydrogens is 363 g/mol. The Morgan fingerprint density at radius 1 is 1.19 bits per heavy atom. The van der Waals surface area contributed by atoms with Crippen molar-refractivity contribution in [2.75, 3.05) is 13.8 Å². The molecule has 2 aliphatic rings. The number of methoxy groups -OCH3 is 1. The fraction of sp³-hybridized carbons (Fsp3) is 0.684. The monoisotopic (exact) mass is 388 g/mol. The van der Waals surface area contributed by atoms with Gasteiger partial charge in [0.25, 0.3) is 0 Å². The van der Waals surface area contributed by atoms with Crippen molar-refractivity contribution in [3.63, 3.8) is 0 Å². The Balaban J connectivity index is 1.78. The molecule has 0 amide bonds. The Labute approximate surface area is 157 Å². The van der Waals surface area contributed by atoms with Gasteiger partial charge in [-0.05, 0) is 48.8 Å². The van der Waals surface area contributed by atoms with Crippen LogP contribution in [0.15, 0.2) is 18.2 Å². The predicted molar refractivity (Wildman–Crippen MR) is 94.9 cm³/mol. The Bertz CT molecular complexity index is 614. The van der Waals surface area contributed by atoms with E-state index in [-0.39, 0.29) is 6.10 Å². The third-order valence-corrected chi connectivity index (χ3v) is 5.97. The molecule has 0 spiro atoms. The van der Waals surface area contributed by atoms with E-state index in [1.165, 1.54) is 0 Å². The van der Waals surface area contributed by atoms with Crippen LogP contribution in [0.1, 0.15) is 36.5 Å². The van der Waals surface area contributed by atoms with Gasteiger partial charge in [-0.3, -0.25) is 0 Å². The average Bonchev–Trinajstić information content (AvgIpc) is 3.10. The van der Waals surface area contributed by atoms with Gasteiger partial charge in [-0.1, -0.05) is 23.7 Å². The molecule has 1 aliphatic carbocycles. The second-order valence-electron chi connectivity index (χ2n) is 7.31. The van der Waals surface area contributed by atoms with Gasteiger partial charge in [0.2, 0.25) is 0 Å². The average molecular weight is 389 g/mol. The first kappa shape index (κ1) is 20.0. The van der Waals surface area contributed by atoms with Gasteiger partial charge in [-0.2, -0.15) is 0 Å². The van der Waals surface area contributed by atoms with Gasteiger partial charge in [-0.25, -0.2) is 4.39 Å². The lowest BCUT2D eigenvalue weighted by atomic mass is 9.89. The van der Waals surface area contributed by atoms with Gasteiger partial charge in [0.1, 0.15) is 37.2 Å². The quantitative estimate of drug-likeness (QED) is 0.720. The number of alkyl halides is 1. The number of aliphatic hydroxyl groups is 3. The molecule has 7 heteroatoms. The molecular formula is C19H26ClFO5. The first-order valence-corrected chi connectivity index (χ1v) is 9.39. The normalized spacial score (nSPS) is 37.8. The highest BCUT2D eigenvalue weighted by atomic mass is 35.5. The minimum absolute atomic E-state index is 0.285. The lowest BCUT2D eigenvalue weighted by molar-refractivity contribution is -0.227. The fourth-order valence-electron chi connectivity index (χ4n) is 4.02. The maximum absolute atomic E-state index is 13.1. The zero-order valence-corrected chi connectivity index (χ0v) is 15.5. The van der Waals surface area contributed by atoms with E-state index < -0.39 is 37.2 Å². The summed E-state index contributed by atoms with van der Waals surface area (Å²) in [6.07, 6.45) is -2.20. The summed E-state index contributed by atoms with van der Waals surface area (Å²) in [6.45, 7) is -0.942. The highest BCUT2D eigenvalue weighted by Gasteiger charge is 2.44. The SMILES string of the molecule is COC1CCC(Cc2cc([C@@H]3O[C@H](CF)[C@@H](O)[C@H](O)[C@H]3O)ccc2Cl)C1. The minimum atomic E-state index is -1.47. The molecule has 0 aromatic heterocycles. The van der Waals surface area contributed by atoms with E-state index in [0.717, 1.165) is 31.2 Å². The van der Waals surface area contributed by atoms with E-state index in [4.69, 9.17) is 21.1 Å². The van der Waals surface area contributed by atoms with Gasteiger partial charge < -0.3 is 24.8 Å². The topological polar surface area (TPSA) is 79.2 Å². The molecule has 26 heavy (non-hydrogen) atoms. The third-order valence-electron chi connectivity index (χ3n) is 5.60. The Morgan fingerprint density at radius 2 is 1.96 bits per heavy atom. The maximum Gasteiger partial charge on any atom is 0.118 e. The molecule has 0 radical (unpaired) electrons. The van der Waals surface area contributed by atoms with Crippen LogP contribution in [0.4, 0.5) is 4.39 Å². The van der Waals surface area contributed by atoms with Crippen LogP contribution in [0, 0.1) is 5.92 Å². The van der Waals surface area contributed by atoms with Crippen LogP contribution in [0.25, 0.3) is 0 Å². The summed E-state index contributed by atoms with van der Waals surface area (Å²) in [5, 5.41) is 30.7. The van der Waals surface area contributed by atoms with Crippen molar-refractivity contribution in [3.8, 4) is 0 Å². The number of benzene rings is 1. The van der Waals surface area contributed by atoms with Crippen molar-refractivity contribution >= 4 is 11.6 Å². The van der Waals surface area contributed by atoms with Crippen LogP contribution in [0.5, 0.6) is 0 Å². The van der Waals surface area contributed by atoms with Gasteiger partial charge in [0, 0.05) is 12.1 Å². The molecule has 1 aromatic carbocycles. The lowest BCUT2D eigenvalue weighted by Crippen LogP contribution is -2.54. The van der Waals surface area contributed by atoms with Crippen LogP contribution < -0.4 is 0 Å². The lowest BCUT2D eigenvalue weighted by Gasteiger charge is -2.40. The summed E-state index contributed by atoms with van der Waals surface area (Å²) in [5.74, 6) is 0.468. The number of ether oxygens (including phenoxy) is 2. The van der Waals surface area contributed by atoms with E-state index in [1.807, 2.05) is 6.07 Å². The van der Waals surface area contributed by atoms with E-state index in [9.17, 15) is 19.7 Å². The van der Waals surface area contributed by atoms with Crippen LogP contribution >= 0.6 is 11.6 Å². The summed E-state index contributed by atoms with van der Waals surface area (Å²) in [7, 11) is 1.73. The van der Waals surface area contributed by atoms with Crippen molar-refractivity contribution in [2.45, 2.75) is 62.3 Å². The molecule has 2 fully saturated rings. The predicted octanol–water partition coefficient (Wildman–Crippen LogP) is 2.19. The van der Waals surface area contributed by atoms with E-state index >= 15 is 0 Å². The smallest absolute Gasteiger partial charge is 0.118 e. The molecule has 7 atom stereocenters. The second-order valence-corrected chi connectivity index (χ2v) is 7.72. The van der Waals surface area contributed by atoms with Crippen LogP contribution in [0.3, 0.4) is 0 Å². The van der Waals surface area contributed by atoms with Crippen molar-refractivity contribution < 1.29 is 29.2 Å². The molecule has 1 heterocycles. The number of hydrogen-bond acceptors (Lipinski definition) is 5. The Hall–Kier alpha value is -0.760. The number of aliphatic hydroxyl groups excluding tert-OH is 3. The van der Waals surface area contributed by atoms with Crippen LogP contribution in [-0.4, -0.2) is 59.6 Å². The summed E-state index contributed by atoms with van der Waals surface area (Å²) in [4.78, 5) is 0. The van der Waals surface area contributed by atoms with E-state index in [0.29, 0.717) is 16.5 Å². The molecule has 2 unspecified atom stereocenters. The zero-order valence-electron chi connectivity index (χ0n) is 14.7. The summed E-state index contributed by atoms with van der Waals surface area (Å²) < 4.78 is 24.0. The van der Waals surface area contributed by atoms with Gasteiger partial charge >= 0.3 is 0 Å². The molecule has 146 valence electrons. The van der Waals surface area contributed by atoms with Crippen LogP contribution in [-0.2, 0) is 15.9 Å². The van der Waals surface area contributed by atoms with E-state index in [2.05, 4.69) is 0 Å². The first-order chi connectivity index (χ1) is 12.4. The standard InChI is InChI=1S/C19H26ClFO5/c1-25-13-4-2-10(7-13)6-12-8-11(3-5-14(12)20)19-18(24)17(23)16(22)15(9-21)26-19/h3,5,8,10,13,15-19,22-24H,2,4,6-7,9H2,1H3/t10?,13?,15-,16-,17+,18-,19+/m1/s1. The molecule has 5 nitrogen and oxygen atoms in total. The zero-order chi connectivity index (χ0) is 18.8. The Morgan fingerprint density at radius 3 is 2.62 bits per heavy atom. The van der Waals surface area contributed by atoms with Crippen molar-refractivity contribution in [3.05, 3.63) is 34.3 Å². The molecule has 1 saturated heterocycles. The largest absolute Gasteiger partial charge is 0.387 e. The van der Waals surface area contributed by atoms with Crippen LogP contribution in [0.2, 0.25) is 5.02 Å². The molecule has 3 rings (SSSR count). The number of halogens is 2. The van der Waals surface area contributed by atoms with Crippen molar-refractivity contribution in [2.24, 2.45) is 5.92 Å². The number of hydrogen-bond donors (Lipinski definition) is 3. The summed E-state index contributed by atoms with van der Waals surface area (Å²) in [6, 6.07) is 5.27. The second kappa shape index (κ2) is 8.50. The summed E-state index contributed by atoms with van der Waals surface area (Å²) >= 11 is 6.34. The molecule has 3 N–H and O–H groups in total. The molecule has 0 bridgehead atoms. The molecule has 1 saturated carbocycles. The highest BCUT2D eigenvalue weighted by molar-refractivity contribution is 6.31. The fourth-order valence-corrected chi connectivity index (χ4v) is 4.22.